The van der Waals surface area contributed by atoms with Crippen LogP contribution in [0.1, 0.15) is 16.7 Å². The second-order valence-electron chi connectivity index (χ2n) is 6.43. The standard InChI is InChI=1S/C21H19ClN4/c1-13-6-7-15(8-14(13)2)10-23-20-19-18(11-24-21(19)26-12-25-20)16-4-3-5-17(22)9-16/h3-9,11-12H,10H2,1-2H3,(H2,23,24,25,26). The fourth-order valence-electron chi connectivity index (χ4n) is 3.08. The minimum atomic E-state index is 0.702. The Morgan fingerprint density at radius 2 is 1.92 bits per heavy atom. The molecule has 4 rings (SSSR count). The van der Waals surface area contributed by atoms with Gasteiger partial charge in [-0.1, -0.05) is 41.9 Å². The molecule has 5 heteroatoms. The zero-order valence-corrected chi connectivity index (χ0v) is 15.4. The van der Waals surface area contributed by atoms with E-state index in [0.717, 1.165) is 28.0 Å². The molecule has 0 bridgehead atoms. The molecule has 0 aliphatic heterocycles. The topological polar surface area (TPSA) is 53.6 Å². The van der Waals surface area contributed by atoms with Crippen molar-refractivity contribution in [2.75, 3.05) is 5.32 Å². The Hall–Kier alpha value is -2.85. The molecule has 0 saturated carbocycles. The van der Waals surface area contributed by atoms with Gasteiger partial charge < -0.3 is 10.3 Å². The predicted octanol–water partition coefficient (Wildman–Crippen LogP) is 5.51. The first-order valence-electron chi connectivity index (χ1n) is 8.50. The maximum Gasteiger partial charge on any atom is 0.143 e. The molecule has 2 aromatic heterocycles. The molecule has 26 heavy (non-hydrogen) atoms. The monoisotopic (exact) mass is 362 g/mol. The molecule has 0 spiro atoms. The highest BCUT2D eigenvalue weighted by atomic mass is 35.5. The lowest BCUT2D eigenvalue weighted by Crippen LogP contribution is -2.03. The molecule has 0 atom stereocenters. The van der Waals surface area contributed by atoms with Crippen LogP contribution >= 0.6 is 11.6 Å². The molecule has 0 saturated heterocycles. The molecule has 2 aromatic carbocycles. The van der Waals surface area contributed by atoms with Crippen LogP contribution in [0.4, 0.5) is 5.82 Å². The fraction of sp³-hybridized carbons (Fsp3) is 0.143. The van der Waals surface area contributed by atoms with E-state index in [-0.39, 0.29) is 0 Å². The quantitative estimate of drug-likeness (QED) is 0.503. The van der Waals surface area contributed by atoms with Crippen molar-refractivity contribution in [2.24, 2.45) is 0 Å². The van der Waals surface area contributed by atoms with Gasteiger partial charge in [-0.25, -0.2) is 9.97 Å². The largest absolute Gasteiger partial charge is 0.365 e. The Balaban J connectivity index is 1.71. The maximum atomic E-state index is 6.16. The Labute approximate surface area is 157 Å². The van der Waals surface area contributed by atoms with Crippen LogP contribution in [0.5, 0.6) is 0 Å². The fourth-order valence-corrected chi connectivity index (χ4v) is 3.27. The van der Waals surface area contributed by atoms with Gasteiger partial charge in [-0.15, -0.1) is 0 Å². The molecule has 0 aliphatic rings. The number of fused-ring (bicyclic) bond motifs is 1. The third-order valence-electron chi connectivity index (χ3n) is 4.64. The van der Waals surface area contributed by atoms with Gasteiger partial charge in [0.25, 0.3) is 0 Å². The SMILES string of the molecule is Cc1ccc(CNc2ncnc3[nH]cc(-c4cccc(Cl)c4)c23)cc1C. The molecule has 0 radical (unpaired) electrons. The van der Waals surface area contributed by atoms with Gasteiger partial charge in [-0.05, 0) is 48.2 Å². The summed E-state index contributed by atoms with van der Waals surface area (Å²) in [5.74, 6) is 0.810. The van der Waals surface area contributed by atoms with Crippen molar-refractivity contribution in [1.29, 1.82) is 0 Å². The highest BCUT2D eigenvalue weighted by Gasteiger charge is 2.13. The summed E-state index contributed by atoms with van der Waals surface area (Å²) >= 11 is 6.16. The molecule has 2 N–H and O–H groups in total. The van der Waals surface area contributed by atoms with Gasteiger partial charge in [-0.3, -0.25) is 0 Å². The van der Waals surface area contributed by atoms with E-state index >= 15 is 0 Å². The number of halogens is 1. The van der Waals surface area contributed by atoms with E-state index in [9.17, 15) is 0 Å². The molecule has 2 heterocycles. The van der Waals surface area contributed by atoms with Gasteiger partial charge in [0.05, 0.1) is 5.39 Å². The van der Waals surface area contributed by atoms with E-state index in [4.69, 9.17) is 11.6 Å². The van der Waals surface area contributed by atoms with Gasteiger partial charge in [-0.2, -0.15) is 0 Å². The number of hydrogen-bond donors (Lipinski definition) is 2. The van der Waals surface area contributed by atoms with Crippen LogP contribution < -0.4 is 5.32 Å². The van der Waals surface area contributed by atoms with E-state index in [1.54, 1.807) is 6.33 Å². The summed E-state index contributed by atoms with van der Waals surface area (Å²) in [5.41, 5.74) is 6.68. The van der Waals surface area contributed by atoms with Gasteiger partial charge in [0, 0.05) is 23.3 Å². The van der Waals surface area contributed by atoms with Gasteiger partial charge in [0.2, 0.25) is 0 Å². The van der Waals surface area contributed by atoms with Crippen molar-refractivity contribution in [3.8, 4) is 11.1 Å². The van der Waals surface area contributed by atoms with Crippen molar-refractivity contribution in [3.63, 3.8) is 0 Å². The second kappa shape index (κ2) is 6.81. The van der Waals surface area contributed by atoms with Crippen LogP contribution in [0, 0.1) is 13.8 Å². The lowest BCUT2D eigenvalue weighted by molar-refractivity contribution is 1.09. The number of aromatic amines is 1. The number of rotatable bonds is 4. The third-order valence-corrected chi connectivity index (χ3v) is 4.87. The highest BCUT2D eigenvalue weighted by Crippen LogP contribution is 2.33. The van der Waals surface area contributed by atoms with Crippen LogP contribution in [0.15, 0.2) is 55.0 Å². The number of benzene rings is 2. The van der Waals surface area contributed by atoms with E-state index in [1.165, 1.54) is 16.7 Å². The number of anilines is 1. The van der Waals surface area contributed by atoms with E-state index < -0.39 is 0 Å². The lowest BCUT2D eigenvalue weighted by atomic mass is 10.1. The molecule has 0 amide bonds. The molecular formula is C21H19ClN4. The first-order valence-corrected chi connectivity index (χ1v) is 8.87. The van der Waals surface area contributed by atoms with Crippen LogP contribution in [-0.4, -0.2) is 15.0 Å². The first-order chi connectivity index (χ1) is 12.6. The van der Waals surface area contributed by atoms with Gasteiger partial charge in [0.15, 0.2) is 0 Å². The molecule has 0 aliphatic carbocycles. The normalized spacial score (nSPS) is 11.0. The zero-order valence-electron chi connectivity index (χ0n) is 14.7. The molecule has 0 unspecified atom stereocenters. The average Bonchev–Trinajstić information content (AvgIpc) is 3.07. The van der Waals surface area contributed by atoms with E-state index in [0.29, 0.717) is 11.6 Å². The summed E-state index contributed by atoms with van der Waals surface area (Å²) in [6.45, 7) is 4.95. The maximum absolute atomic E-state index is 6.16. The molecular weight excluding hydrogens is 344 g/mol. The van der Waals surface area contributed by atoms with Gasteiger partial charge in [0.1, 0.15) is 17.8 Å². The lowest BCUT2D eigenvalue weighted by Gasteiger charge is -2.10. The van der Waals surface area contributed by atoms with Crippen LogP contribution in [0.25, 0.3) is 22.2 Å². The number of hydrogen-bond acceptors (Lipinski definition) is 3. The van der Waals surface area contributed by atoms with Crippen molar-refractivity contribution in [2.45, 2.75) is 20.4 Å². The number of aryl methyl sites for hydroxylation is 2. The van der Waals surface area contributed by atoms with Crippen molar-refractivity contribution < 1.29 is 0 Å². The predicted molar refractivity (Wildman–Crippen MR) is 108 cm³/mol. The Morgan fingerprint density at radius 1 is 1.04 bits per heavy atom. The summed E-state index contributed by atoms with van der Waals surface area (Å²) in [5, 5.41) is 5.14. The second-order valence-corrected chi connectivity index (χ2v) is 6.87. The van der Waals surface area contributed by atoms with E-state index in [2.05, 4.69) is 52.3 Å². The van der Waals surface area contributed by atoms with Crippen LogP contribution in [0.2, 0.25) is 5.02 Å². The van der Waals surface area contributed by atoms with Crippen LogP contribution in [-0.2, 0) is 6.54 Å². The third kappa shape index (κ3) is 3.16. The smallest absolute Gasteiger partial charge is 0.143 e. The molecule has 4 aromatic rings. The Bertz CT molecular complexity index is 1080. The number of nitrogens with one attached hydrogen (secondary N) is 2. The summed E-state index contributed by atoms with van der Waals surface area (Å²) in [6, 6.07) is 14.3. The minimum Gasteiger partial charge on any atom is -0.365 e. The van der Waals surface area contributed by atoms with Crippen molar-refractivity contribution >= 4 is 28.5 Å². The number of H-pyrrole nitrogens is 1. The number of aromatic nitrogens is 3. The summed E-state index contributed by atoms with van der Waals surface area (Å²) in [7, 11) is 0. The summed E-state index contributed by atoms with van der Waals surface area (Å²) in [4.78, 5) is 12.0. The van der Waals surface area contributed by atoms with E-state index in [1.807, 2.05) is 30.5 Å². The zero-order chi connectivity index (χ0) is 18.1. The minimum absolute atomic E-state index is 0.702. The van der Waals surface area contributed by atoms with Crippen molar-refractivity contribution in [1.82, 2.24) is 15.0 Å². The first kappa shape index (κ1) is 16.6. The molecule has 130 valence electrons. The number of nitrogens with zero attached hydrogens (tertiary/aromatic N) is 2. The molecule has 0 fully saturated rings. The molecule has 4 nitrogen and oxygen atoms in total. The average molecular weight is 363 g/mol. The summed E-state index contributed by atoms with van der Waals surface area (Å²) < 4.78 is 0. The highest BCUT2D eigenvalue weighted by molar-refractivity contribution is 6.31. The Morgan fingerprint density at radius 3 is 2.73 bits per heavy atom. The van der Waals surface area contributed by atoms with Crippen molar-refractivity contribution in [3.05, 3.63) is 76.7 Å². The Kier molecular flexibility index (Phi) is 4.35. The van der Waals surface area contributed by atoms with Crippen LogP contribution in [0.3, 0.4) is 0 Å². The summed E-state index contributed by atoms with van der Waals surface area (Å²) in [6.07, 6.45) is 3.52. The van der Waals surface area contributed by atoms with Gasteiger partial charge >= 0.3 is 0 Å².